The fourth-order valence-corrected chi connectivity index (χ4v) is 6.39. The summed E-state index contributed by atoms with van der Waals surface area (Å²) in [5.41, 5.74) is 4.08. The minimum Gasteiger partial charge on any atom is -0.489 e. The van der Waals surface area contributed by atoms with Crippen molar-refractivity contribution in [3.8, 4) is 5.75 Å². The second-order valence-electron chi connectivity index (χ2n) is 13.9. The molecule has 5 rings (SSSR count). The minimum atomic E-state index is -1.71. The average Bonchev–Trinajstić information content (AvgIpc) is 3.01. The first-order valence-corrected chi connectivity index (χ1v) is 16.0. The Labute approximate surface area is 277 Å². The highest BCUT2D eigenvalue weighted by molar-refractivity contribution is 6.10. The topological polar surface area (TPSA) is 105 Å². The molecule has 244 valence electrons. The predicted octanol–water partition coefficient (Wildman–Crippen LogP) is 7.50. The molecule has 2 amide bonds. The number of hydrogen-bond acceptors (Lipinski definition) is 5. The van der Waals surface area contributed by atoms with Crippen LogP contribution in [0.25, 0.3) is 0 Å². The number of benzene rings is 4. The number of Topliss-reactive ketones (excluding diaryl/α,β-unsaturated/α-hetero) is 1. The van der Waals surface area contributed by atoms with Crippen LogP contribution in [-0.4, -0.2) is 28.3 Å². The highest BCUT2D eigenvalue weighted by Crippen LogP contribution is 2.47. The van der Waals surface area contributed by atoms with E-state index < -0.39 is 41.0 Å². The van der Waals surface area contributed by atoms with Crippen LogP contribution in [-0.2, 0) is 26.4 Å². The van der Waals surface area contributed by atoms with Gasteiger partial charge in [-0.3, -0.25) is 14.4 Å². The van der Waals surface area contributed by atoms with Crippen molar-refractivity contribution in [2.24, 2.45) is 11.8 Å². The van der Waals surface area contributed by atoms with Gasteiger partial charge in [0.25, 0.3) is 0 Å². The molecule has 0 heterocycles. The number of carbonyl (C=O) groups excluding carboxylic acids is 3. The molecule has 7 heteroatoms. The van der Waals surface area contributed by atoms with E-state index in [2.05, 4.69) is 55.7 Å². The fraction of sp³-hybridized carbons (Fsp3) is 0.325. The molecule has 0 saturated heterocycles. The summed E-state index contributed by atoms with van der Waals surface area (Å²) in [7, 11) is 0. The van der Waals surface area contributed by atoms with Crippen LogP contribution in [0.5, 0.6) is 5.75 Å². The highest BCUT2D eigenvalue weighted by Gasteiger charge is 2.56. The zero-order valence-electron chi connectivity index (χ0n) is 28.0. The van der Waals surface area contributed by atoms with Gasteiger partial charge in [-0.2, -0.15) is 0 Å². The number of aryl methyl sites for hydroxylation is 2. The number of aliphatic hydroxyl groups is 1. The fourth-order valence-electron chi connectivity index (χ4n) is 6.39. The summed E-state index contributed by atoms with van der Waals surface area (Å²) < 4.78 is 6.08. The number of nitrogens with one attached hydrogen (secondary N) is 2. The van der Waals surface area contributed by atoms with Gasteiger partial charge in [0.2, 0.25) is 11.8 Å². The first kappa shape index (κ1) is 33.6. The molecule has 0 spiro atoms. The van der Waals surface area contributed by atoms with Gasteiger partial charge in [0, 0.05) is 23.7 Å². The van der Waals surface area contributed by atoms with Crippen LogP contribution in [0.15, 0.2) is 97.1 Å². The van der Waals surface area contributed by atoms with E-state index in [-0.39, 0.29) is 11.8 Å². The van der Waals surface area contributed by atoms with E-state index in [1.165, 1.54) is 12.5 Å². The number of carbonyl (C=O) groups is 3. The van der Waals surface area contributed by atoms with Gasteiger partial charge in [-0.25, -0.2) is 0 Å². The van der Waals surface area contributed by atoms with Gasteiger partial charge >= 0.3 is 0 Å². The molecule has 1 saturated carbocycles. The largest absolute Gasteiger partial charge is 0.489 e. The van der Waals surface area contributed by atoms with Gasteiger partial charge in [0.05, 0.1) is 11.5 Å². The molecular formula is C40H44N2O5. The van der Waals surface area contributed by atoms with Crippen LogP contribution in [0.1, 0.15) is 67.9 Å². The van der Waals surface area contributed by atoms with Crippen LogP contribution in [0, 0.1) is 25.7 Å². The molecule has 0 radical (unpaired) electrons. The van der Waals surface area contributed by atoms with Crippen molar-refractivity contribution >= 4 is 29.0 Å². The van der Waals surface area contributed by atoms with Gasteiger partial charge in [-0.15, -0.1) is 0 Å². The third-order valence-corrected chi connectivity index (χ3v) is 9.13. The van der Waals surface area contributed by atoms with Crippen LogP contribution < -0.4 is 15.4 Å². The Morgan fingerprint density at radius 3 is 1.87 bits per heavy atom. The molecule has 0 aliphatic heterocycles. The van der Waals surface area contributed by atoms with Crippen molar-refractivity contribution in [2.75, 3.05) is 10.6 Å². The number of hydrogen-bond donors (Lipinski definition) is 3. The minimum absolute atomic E-state index is 0.0593. The van der Waals surface area contributed by atoms with E-state index in [0.29, 0.717) is 29.3 Å². The van der Waals surface area contributed by atoms with Crippen LogP contribution in [0.2, 0.25) is 0 Å². The molecule has 1 fully saturated rings. The van der Waals surface area contributed by atoms with Crippen LogP contribution in [0.3, 0.4) is 0 Å². The quantitative estimate of drug-likeness (QED) is 0.175. The van der Waals surface area contributed by atoms with E-state index >= 15 is 0 Å². The van der Waals surface area contributed by atoms with E-state index in [1.807, 2.05) is 50.2 Å². The number of rotatable bonds is 8. The number of ketones is 1. The third-order valence-electron chi connectivity index (χ3n) is 9.13. The van der Waals surface area contributed by atoms with E-state index in [1.54, 1.807) is 36.4 Å². The van der Waals surface area contributed by atoms with Crippen molar-refractivity contribution in [2.45, 2.75) is 71.5 Å². The second-order valence-corrected chi connectivity index (χ2v) is 13.9. The SMILES string of the molecule is Cc1ccccc1NC(=O)C1C(=O)CC(C)(O)C(C(=O)Nc2ccccc2C)C1c1ccc(OCc2ccc(C(C)(C)C)cc2)cc1. The van der Waals surface area contributed by atoms with E-state index in [0.717, 1.165) is 16.7 Å². The maximum atomic E-state index is 14.1. The van der Waals surface area contributed by atoms with Crippen molar-refractivity contribution in [3.63, 3.8) is 0 Å². The molecule has 0 bridgehead atoms. The van der Waals surface area contributed by atoms with Crippen molar-refractivity contribution in [1.82, 2.24) is 0 Å². The van der Waals surface area contributed by atoms with Crippen molar-refractivity contribution in [1.29, 1.82) is 0 Å². The third kappa shape index (κ3) is 7.63. The molecule has 7 nitrogen and oxygen atoms in total. The second kappa shape index (κ2) is 13.5. The Morgan fingerprint density at radius 2 is 1.34 bits per heavy atom. The monoisotopic (exact) mass is 632 g/mol. The molecule has 1 aliphatic rings. The van der Waals surface area contributed by atoms with Gasteiger partial charge in [-0.1, -0.05) is 93.6 Å². The molecule has 0 aromatic heterocycles. The maximum absolute atomic E-state index is 14.1. The maximum Gasteiger partial charge on any atom is 0.235 e. The molecular weight excluding hydrogens is 588 g/mol. The number of ether oxygens (including phenoxy) is 1. The lowest BCUT2D eigenvalue weighted by Crippen LogP contribution is -2.56. The number of amides is 2. The summed E-state index contributed by atoms with van der Waals surface area (Å²) in [6.07, 6.45) is -0.337. The summed E-state index contributed by atoms with van der Waals surface area (Å²) in [6, 6.07) is 30.1. The van der Waals surface area contributed by atoms with Crippen molar-refractivity contribution < 1.29 is 24.2 Å². The molecule has 4 atom stereocenters. The van der Waals surface area contributed by atoms with Crippen LogP contribution in [0.4, 0.5) is 11.4 Å². The van der Waals surface area contributed by atoms with Gasteiger partial charge < -0.3 is 20.5 Å². The number of para-hydroxylation sites is 2. The Kier molecular flexibility index (Phi) is 9.68. The van der Waals surface area contributed by atoms with Crippen molar-refractivity contribution in [3.05, 3.63) is 125 Å². The van der Waals surface area contributed by atoms with Gasteiger partial charge in [-0.05, 0) is 78.3 Å². The Morgan fingerprint density at radius 1 is 0.809 bits per heavy atom. The van der Waals surface area contributed by atoms with Gasteiger partial charge in [0.1, 0.15) is 24.1 Å². The summed E-state index contributed by atoms with van der Waals surface area (Å²) in [5.74, 6) is -4.07. The molecule has 4 aromatic rings. The molecule has 47 heavy (non-hydrogen) atoms. The average molecular weight is 633 g/mol. The highest BCUT2D eigenvalue weighted by atomic mass is 16.5. The lowest BCUT2D eigenvalue weighted by atomic mass is 9.61. The summed E-state index contributed by atoms with van der Waals surface area (Å²) in [6.45, 7) is 12.1. The summed E-state index contributed by atoms with van der Waals surface area (Å²) >= 11 is 0. The van der Waals surface area contributed by atoms with E-state index in [9.17, 15) is 19.5 Å². The zero-order valence-corrected chi connectivity index (χ0v) is 28.0. The molecule has 3 N–H and O–H groups in total. The summed E-state index contributed by atoms with van der Waals surface area (Å²) in [4.78, 5) is 41.8. The number of anilines is 2. The zero-order chi connectivity index (χ0) is 33.9. The van der Waals surface area contributed by atoms with E-state index in [4.69, 9.17) is 4.74 Å². The molecule has 4 aromatic carbocycles. The predicted molar refractivity (Wildman–Crippen MR) is 186 cm³/mol. The Bertz CT molecular complexity index is 1750. The lowest BCUT2D eigenvalue weighted by molar-refractivity contribution is -0.150. The Balaban J connectivity index is 1.47. The normalized spacial score (nSPS) is 21.2. The van der Waals surface area contributed by atoms with Gasteiger partial charge in [0.15, 0.2) is 0 Å². The molecule has 4 unspecified atom stereocenters. The Hall–Kier alpha value is -4.75. The molecule has 1 aliphatic carbocycles. The first-order valence-electron chi connectivity index (χ1n) is 16.0. The standard InChI is InChI=1S/C40H44N2O5/c1-25-11-7-9-13-31(25)41-37(44)35-33(43)23-40(6,46)36(38(45)42-32-14-10-8-12-26(32)2)34(35)28-17-21-30(22-18-28)47-24-27-15-19-29(20-16-27)39(3,4)5/h7-22,34-36,46H,23-24H2,1-6H3,(H,41,44)(H,42,45). The van der Waals surface area contributed by atoms with Crippen LogP contribution >= 0.6 is 0 Å². The summed E-state index contributed by atoms with van der Waals surface area (Å²) in [5, 5.41) is 17.6. The smallest absolute Gasteiger partial charge is 0.235 e. The first-order chi connectivity index (χ1) is 22.2. The lowest BCUT2D eigenvalue weighted by Gasteiger charge is -2.44.